The molecule has 0 saturated heterocycles. The van der Waals surface area contributed by atoms with Gasteiger partial charge in [-0.25, -0.2) is 4.39 Å². The Bertz CT molecular complexity index is 443. The maximum atomic E-state index is 12.7. The Labute approximate surface area is 116 Å². The highest BCUT2D eigenvalue weighted by atomic mass is 32.2. The van der Waals surface area contributed by atoms with E-state index in [1.165, 1.54) is 30.0 Å². The maximum Gasteiger partial charge on any atom is 0.244 e. The fourth-order valence-electron chi connectivity index (χ4n) is 1.44. The summed E-state index contributed by atoms with van der Waals surface area (Å²) in [6.45, 7) is 1.87. The van der Waals surface area contributed by atoms with Crippen LogP contribution in [0.25, 0.3) is 6.08 Å². The third kappa shape index (κ3) is 6.40. The van der Waals surface area contributed by atoms with Crippen molar-refractivity contribution in [3.63, 3.8) is 0 Å². The summed E-state index contributed by atoms with van der Waals surface area (Å²) in [6, 6.07) is 5.84. The highest BCUT2D eigenvalue weighted by Crippen LogP contribution is 2.09. The minimum Gasteiger partial charge on any atom is -0.387 e. The van der Waals surface area contributed by atoms with Crippen LogP contribution in [0.15, 0.2) is 30.3 Å². The molecule has 0 aliphatic heterocycles. The highest BCUT2D eigenvalue weighted by Gasteiger charge is 2.19. The Balaban J connectivity index is 2.45. The molecule has 1 amide bonds. The third-order valence-electron chi connectivity index (χ3n) is 2.40. The van der Waals surface area contributed by atoms with E-state index in [9.17, 15) is 14.3 Å². The molecule has 1 aromatic rings. The Hall–Kier alpha value is -1.33. The highest BCUT2D eigenvalue weighted by molar-refractivity contribution is 7.98. The molecule has 0 heterocycles. The van der Waals surface area contributed by atoms with Crippen molar-refractivity contribution in [1.29, 1.82) is 0 Å². The number of carbonyl (C=O) groups excluding carboxylic acids is 1. The molecule has 2 N–H and O–H groups in total. The Morgan fingerprint density at radius 3 is 2.68 bits per heavy atom. The average Bonchev–Trinajstić information content (AvgIpc) is 2.36. The fraction of sp³-hybridized carbons (Fsp3) is 0.357. The molecule has 1 atom stereocenters. The van der Waals surface area contributed by atoms with Crippen molar-refractivity contribution in [3.05, 3.63) is 41.7 Å². The average molecular weight is 283 g/mol. The molecule has 1 aromatic carbocycles. The molecular weight excluding hydrogens is 265 g/mol. The minimum atomic E-state index is -0.918. The second-order valence-electron chi connectivity index (χ2n) is 4.53. The smallest absolute Gasteiger partial charge is 0.244 e. The molecule has 0 saturated carbocycles. The van der Waals surface area contributed by atoms with Gasteiger partial charge in [0, 0.05) is 18.4 Å². The van der Waals surface area contributed by atoms with E-state index in [4.69, 9.17) is 0 Å². The molecule has 0 radical (unpaired) electrons. The van der Waals surface area contributed by atoms with Gasteiger partial charge >= 0.3 is 0 Å². The van der Waals surface area contributed by atoms with Gasteiger partial charge in [-0.05, 0) is 37.0 Å². The first-order chi connectivity index (χ1) is 8.93. The van der Waals surface area contributed by atoms with Gasteiger partial charge in [-0.3, -0.25) is 4.79 Å². The molecule has 0 bridgehead atoms. The lowest BCUT2D eigenvalue weighted by Gasteiger charge is -2.21. The predicted octanol–water partition coefficient (Wildman–Crippen LogP) is 2.07. The van der Waals surface area contributed by atoms with Crippen LogP contribution in [-0.2, 0) is 4.79 Å². The fourth-order valence-corrected chi connectivity index (χ4v) is 2.17. The summed E-state index contributed by atoms with van der Waals surface area (Å²) in [5, 5.41) is 12.5. The molecule has 0 aromatic heterocycles. The Kier molecular flexibility index (Phi) is 6.05. The van der Waals surface area contributed by atoms with E-state index in [0.29, 0.717) is 5.75 Å². The van der Waals surface area contributed by atoms with Crippen LogP contribution < -0.4 is 5.32 Å². The van der Waals surface area contributed by atoms with Gasteiger partial charge in [0.2, 0.25) is 5.91 Å². The van der Waals surface area contributed by atoms with Gasteiger partial charge in [0.1, 0.15) is 5.82 Å². The first-order valence-electron chi connectivity index (χ1n) is 5.86. The van der Waals surface area contributed by atoms with Crippen LogP contribution in [0.3, 0.4) is 0 Å². The van der Waals surface area contributed by atoms with E-state index >= 15 is 0 Å². The van der Waals surface area contributed by atoms with Crippen molar-refractivity contribution in [2.45, 2.75) is 12.5 Å². The van der Waals surface area contributed by atoms with E-state index in [1.54, 1.807) is 25.1 Å². The van der Waals surface area contributed by atoms with E-state index < -0.39 is 5.60 Å². The molecule has 1 rings (SSSR count). The second-order valence-corrected chi connectivity index (χ2v) is 5.40. The van der Waals surface area contributed by atoms with Crippen molar-refractivity contribution in [2.75, 3.05) is 18.6 Å². The molecular formula is C14H18FNO2S. The summed E-state index contributed by atoms with van der Waals surface area (Å²) in [6.07, 6.45) is 4.85. The van der Waals surface area contributed by atoms with Gasteiger partial charge in [-0.1, -0.05) is 12.1 Å². The van der Waals surface area contributed by atoms with Crippen LogP contribution in [0.1, 0.15) is 12.5 Å². The molecule has 5 heteroatoms. The topological polar surface area (TPSA) is 49.3 Å². The summed E-state index contributed by atoms with van der Waals surface area (Å²) in [5.41, 5.74) is -0.175. The quantitative estimate of drug-likeness (QED) is 0.786. The maximum absolute atomic E-state index is 12.7. The number of aliphatic hydroxyl groups is 1. The van der Waals surface area contributed by atoms with E-state index in [1.807, 2.05) is 6.26 Å². The van der Waals surface area contributed by atoms with Gasteiger partial charge in [-0.15, -0.1) is 0 Å². The van der Waals surface area contributed by atoms with Crippen molar-refractivity contribution in [1.82, 2.24) is 5.32 Å². The molecule has 0 fully saturated rings. The number of amides is 1. The van der Waals surface area contributed by atoms with E-state index in [-0.39, 0.29) is 18.3 Å². The summed E-state index contributed by atoms with van der Waals surface area (Å²) in [7, 11) is 0. The van der Waals surface area contributed by atoms with Crippen molar-refractivity contribution >= 4 is 23.7 Å². The lowest BCUT2D eigenvalue weighted by atomic mass is 10.1. The van der Waals surface area contributed by atoms with E-state index in [2.05, 4.69) is 5.32 Å². The molecule has 3 nitrogen and oxygen atoms in total. The second kappa shape index (κ2) is 7.31. The summed E-state index contributed by atoms with van der Waals surface area (Å²) < 4.78 is 12.7. The van der Waals surface area contributed by atoms with Crippen LogP contribution in [0.2, 0.25) is 0 Å². The lowest BCUT2D eigenvalue weighted by molar-refractivity contribution is -0.117. The first kappa shape index (κ1) is 15.7. The normalized spacial score (nSPS) is 14.3. The van der Waals surface area contributed by atoms with Gasteiger partial charge < -0.3 is 10.4 Å². The molecule has 104 valence electrons. The zero-order valence-corrected chi connectivity index (χ0v) is 11.8. The number of hydrogen-bond donors (Lipinski definition) is 2. The third-order valence-corrected chi connectivity index (χ3v) is 3.31. The Morgan fingerprint density at radius 2 is 2.11 bits per heavy atom. The standard InChI is InChI=1S/C14H18FNO2S/c1-14(18,10-19-2)9-16-13(17)8-5-11-3-6-12(15)7-4-11/h3-8,18H,9-10H2,1-2H3,(H,16,17)/b8-5-/t14-/m0/s1. The van der Waals surface area contributed by atoms with Crippen LogP contribution in [0.4, 0.5) is 4.39 Å². The summed E-state index contributed by atoms with van der Waals surface area (Å²) in [4.78, 5) is 11.5. The number of halogens is 1. The van der Waals surface area contributed by atoms with Gasteiger partial charge in [0.05, 0.1) is 5.60 Å². The number of benzene rings is 1. The van der Waals surface area contributed by atoms with Crippen molar-refractivity contribution in [2.24, 2.45) is 0 Å². The zero-order valence-electron chi connectivity index (χ0n) is 11.0. The summed E-state index contributed by atoms with van der Waals surface area (Å²) in [5.74, 6) is -0.0463. The predicted molar refractivity (Wildman–Crippen MR) is 77.4 cm³/mol. The zero-order chi connectivity index (χ0) is 14.3. The number of hydrogen-bond acceptors (Lipinski definition) is 3. The number of carbonyl (C=O) groups is 1. The molecule has 0 spiro atoms. The molecule has 0 aliphatic carbocycles. The number of rotatable bonds is 6. The van der Waals surface area contributed by atoms with Crippen LogP contribution in [0.5, 0.6) is 0 Å². The van der Waals surface area contributed by atoms with Crippen LogP contribution >= 0.6 is 11.8 Å². The van der Waals surface area contributed by atoms with E-state index in [0.717, 1.165) is 5.56 Å². The number of thioether (sulfide) groups is 1. The Morgan fingerprint density at radius 1 is 1.47 bits per heavy atom. The first-order valence-corrected chi connectivity index (χ1v) is 7.25. The monoisotopic (exact) mass is 283 g/mol. The molecule has 0 unspecified atom stereocenters. The largest absolute Gasteiger partial charge is 0.387 e. The van der Waals surface area contributed by atoms with Crippen molar-refractivity contribution in [3.8, 4) is 0 Å². The lowest BCUT2D eigenvalue weighted by Crippen LogP contribution is -2.41. The number of nitrogens with one attached hydrogen (secondary N) is 1. The summed E-state index contributed by atoms with van der Waals surface area (Å²) >= 11 is 1.52. The molecule has 19 heavy (non-hydrogen) atoms. The SMILES string of the molecule is CSC[C@@](C)(O)CNC(=O)/C=C\c1ccc(F)cc1. The molecule has 0 aliphatic rings. The minimum absolute atomic E-state index is 0.195. The van der Waals surface area contributed by atoms with Gasteiger partial charge in [-0.2, -0.15) is 11.8 Å². The van der Waals surface area contributed by atoms with Crippen LogP contribution in [0, 0.1) is 5.82 Å². The van der Waals surface area contributed by atoms with Gasteiger partial charge in [0.25, 0.3) is 0 Å². The van der Waals surface area contributed by atoms with Gasteiger partial charge in [0.15, 0.2) is 0 Å². The van der Waals surface area contributed by atoms with Crippen LogP contribution in [-0.4, -0.2) is 35.2 Å². The van der Waals surface area contributed by atoms with Crippen molar-refractivity contribution < 1.29 is 14.3 Å².